The van der Waals surface area contributed by atoms with E-state index in [0.29, 0.717) is 24.1 Å². The predicted octanol–water partition coefficient (Wildman–Crippen LogP) is 2.21. The molecule has 1 aliphatic rings. The molecule has 0 unspecified atom stereocenters. The van der Waals surface area contributed by atoms with Crippen molar-refractivity contribution in [1.82, 2.24) is 10.3 Å². The Kier molecular flexibility index (Phi) is 4.75. The zero-order chi connectivity index (χ0) is 13.7. The predicted molar refractivity (Wildman–Crippen MR) is 74.2 cm³/mol. The van der Waals surface area contributed by atoms with Crippen molar-refractivity contribution in [3.05, 3.63) is 22.9 Å². The van der Waals surface area contributed by atoms with Crippen LogP contribution in [-0.2, 0) is 12.8 Å². The van der Waals surface area contributed by atoms with Crippen LogP contribution in [0.15, 0.2) is 6.07 Å². The lowest BCUT2D eigenvalue weighted by atomic mass is 10.1. The third-order valence-corrected chi connectivity index (χ3v) is 3.25. The molecular weight excluding hydrogens is 238 g/mol. The Hall–Kier alpha value is -1.60. The van der Waals surface area contributed by atoms with Crippen molar-refractivity contribution in [2.24, 2.45) is 0 Å². The molecule has 2 rings (SSSR count). The molecule has 0 spiro atoms. The van der Waals surface area contributed by atoms with E-state index >= 15 is 0 Å². The number of hydrogen-bond donors (Lipinski definition) is 1. The zero-order valence-corrected chi connectivity index (χ0v) is 11.7. The van der Waals surface area contributed by atoms with Crippen LogP contribution < -0.4 is 10.1 Å². The summed E-state index contributed by atoms with van der Waals surface area (Å²) in [7, 11) is 0. The van der Waals surface area contributed by atoms with Crippen LogP contribution in [0.3, 0.4) is 0 Å². The molecule has 0 aromatic carbocycles. The number of hydrogen-bond acceptors (Lipinski definition) is 4. The quantitative estimate of drug-likeness (QED) is 0.796. The number of pyridine rings is 1. The van der Waals surface area contributed by atoms with Gasteiger partial charge in [0.05, 0.1) is 6.61 Å². The molecule has 0 bridgehead atoms. The molecule has 0 saturated heterocycles. The van der Waals surface area contributed by atoms with Gasteiger partial charge in [-0.25, -0.2) is 4.98 Å². The Morgan fingerprint density at radius 3 is 3.05 bits per heavy atom. The van der Waals surface area contributed by atoms with Crippen LogP contribution in [0.1, 0.15) is 43.5 Å². The van der Waals surface area contributed by atoms with Crippen molar-refractivity contribution in [3.63, 3.8) is 0 Å². The molecule has 1 aliphatic carbocycles. The Morgan fingerprint density at radius 2 is 2.32 bits per heavy atom. The molecule has 1 heterocycles. The summed E-state index contributed by atoms with van der Waals surface area (Å²) in [5, 5.41) is 12.5. The number of rotatable bonds is 6. The molecule has 1 aromatic rings. The van der Waals surface area contributed by atoms with Crippen molar-refractivity contribution in [2.75, 3.05) is 13.2 Å². The Balaban J connectivity index is 1.91. The molecule has 0 radical (unpaired) electrons. The second kappa shape index (κ2) is 6.53. The van der Waals surface area contributed by atoms with Crippen molar-refractivity contribution in [1.29, 1.82) is 5.26 Å². The van der Waals surface area contributed by atoms with E-state index in [2.05, 4.69) is 30.2 Å². The van der Waals surface area contributed by atoms with Crippen molar-refractivity contribution in [2.45, 2.75) is 45.6 Å². The summed E-state index contributed by atoms with van der Waals surface area (Å²) in [5.41, 5.74) is 2.89. The molecular formula is C15H21N3O. The maximum Gasteiger partial charge on any atom is 0.231 e. The monoisotopic (exact) mass is 259 g/mol. The molecule has 102 valence electrons. The van der Waals surface area contributed by atoms with Gasteiger partial charge < -0.3 is 10.1 Å². The fraction of sp³-hybridized carbons (Fsp3) is 0.600. The highest BCUT2D eigenvalue weighted by atomic mass is 16.5. The Bertz CT molecular complexity index is 477. The summed E-state index contributed by atoms with van der Waals surface area (Å²) >= 11 is 0. The third kappa shape index (κ3) is 3.68. The van der Waals surface area contributed by atoms with Crippen LogP contribution in [-0.4, -0.2) is 24.2 Å². The van der Waals surface area contributed by atoms with Crippen LogP contribution in [0.5, 0.6) is 5.88 Å². The largest absolute Gasteiger partial charge is 0.477 e. The van der Waals surface area contributed by atoms with Gasteiger partial charge in [-0.1, -0.05) is 13.8 Å². The summed E-state index contributed by atoms with van der Waals surface area (Å²) in [6.45, 7) is 5.76. The normalized spacial score (nSPS) is 13.4. The average molecular weight is 259 g/mol. The first-order valence-electron chi connectivity index (χ1n) is 7.00. The van der Waals surface area contributed by atoms with Gasteiger partial charge in [-0.05, 0) is 43.9 Å². The number of nitrogens with one attached hydrogen (secondary N) is 1. The van der Waals surface area contributed by atoms with Crippen LogP contribution in [0.2, 0.25) is 0 Å². The van der Waals surface area contributed by atoms with Gasteiger partial charge in [0.25, 0.3) is 0 Å². The highest BCUT2D eigenvalue weighted by Crippen LogP contribution is 2.26. The van der Waals surface area contributed by atoms with Gasteiger partial charge in [0.2, 0.25) is 5.88 Å². The summed E-state index contributed by atoms with van der Waals surface area (Å²) in [6, 6.07) is 4.62. The van der Waals surface area contributed by atoms with Gasteiger partial charge in [0.15, 0.2) is 0 Å². The van der Waals surface area contributed by atoms with E-state index in [1.807, 2.05) is 6.07 Å². The second-order valence-corrected chi connectivity index (χ2v) is 5.22. The minimum Gasteiger partial charge on any atom is -0.477 e. The van der Waals surface area contributed by atoms with Crippen molar-refractivity contribution in [3.8, 4) is 11.9 Å². The van der Waals surface area contributed by atoms with Gasteiger partial charge in [0, 0.05) is 11.7 Å². The van der Waals surface area contributed by atoms with Crippen molar-refractivity contribution >= 4 is 0 Å². The Morgan fingerprint density at radius 1 is 1.47 bits per heavy atom. The molecule has 19 heavy (non-hydrogen) atoms. The molecule has 1 aromatic heterocycles. The first-order valence-corrected chi connectivity index (χ1v) is 7.00. The van der Waals surface area contributed by atoms with Crippen LogP contribution >= 0.6 is 0 Å². The van der Waals surface area contributed by atoms with E-state index in [4.69, 9.17) is 10.00 Å². The molecule has 0 fully saturated rings. The fourth-order valence-corrected chi connectivity index (χ4v) is 2.27. The van der Waals surface area contributed by atoms with E-state index in [1.165, 1.54) is 5.56 Å². The number of aromatic nitrogens is 1. The van der Waals surface area contributed by atoms with Gasteiger partial charge in [-0.3, -0.25) is 0 Å². The lowest BCUT2D eigenvalue weighted by Crippen LogP contribution is -2.24. The highest BCUT2D eigenvalue weighted by molar-refractivity contribution is 5.44. The van der Waals surface area contributed by atoms with Gasteiger partial charge in [-0.2, -0.15) is 5.26 Å². The summed E-state index contributed by atoms with van der Waals surface area (Å²) in [5.74, 6) is 0.507. The number of fused-ring (bicyclic) bond motifs is 1. The minimum atomic E-state index is 0.493. The molecule has 0 amide bonds. The third-order valence-electron chi connectivity index (χ3n) is 3.25. The maximum atomic E-state index is 9.14. The van der Waals surface area contributed by atoms with E-state index in [1.54, 1.807) is 0 Å². The van der Waals surface area contributed by atoms with E-state index in [9.17, 15) is 0 Å². The van der Waals surface area contributed by atoms with Gasteiger partial charge in [0.1, 0.15) is 11.6 Å². The minimum absolute atomic E-state index is 0.493. The highest BCUT2D eigenvalue weighted by Gasteiger charge is 2.17. The number of nitriles is 1. The van der Waals surface area contributed by atoms with Crippen LogP contribution in [0.4, 0.5) is 0 Å². The number of nitrogens with zero attached hydrogens (tertiary/aromatic N) is 2. The van der Waals surface area contributed by atoms with Gasteiger partial charge >= 0.3 is 0 Å². The number of aryl methyl sites for hydroxylation is 2. The van der Waals surface area contributed by atoms with E-state index in [-0.39, 0.29) is 0 Å². The molecule has 0 saturated carbocycles. The molecule has 4 heteroatoms. The van der Waals surface area contributed by atoms with Crippen LogP contribution in [0.25, 0.3) is 0 Å². The Labute approximate surface area is 114 Å². The molecule has 4 nitrogen and oxygen atoms in total. The first kappa shape index (κ1) is 13.8. The SMILES string of the molecule is CC(C)NCCCOc1nc2c(cc1C#N)CCC2. The van der Waals surface area contributed by atoms with Gasteiger partial charge in [-0.15, -0.1) is 0 Å². The first-order chi connectivity index (χ1) is 9.20. The van der Waals surface area contributed by atoms with E-state index < -0.39 is 0 Å². The lowest BCUT2D eigenvalue weighted by molar-refractivity contribution is 0.293. The lowest BCUT2D eigenvalue weighted by Gasteiger charge is -2.10. The maximum absolute atomic E-state index is 9.14. The summed E-state index contributed by atoms with van der Waals surface area (Å²) < 4.78 is 5.66. The molecule has 0 aliphatic heterocycles. The average Bonchev–Trinajstić information content (AvgIpc) is 2.83. The topological polar surface area (TPSA) is 57.9 Å². The zero-order valence-electron chi connectivity index (χ0n) is 11.7. The summed E-state index contributed by atoms with van der Waals surface area (Å²) in [6.07, 6.45) is 4.10. The molecule has 0 atom stereocenters. The smallest absolute Gasteiger partial charge is 0.231 e. The number of ether oxygens (including phenoxy) is 1. The summed E-state index contributed by atoms with van der Waals surface area (Å²) in [4.78, 5) is 4.49. The van der Waals surface area contributed by atoms with Crippen LogP contribution in [0, 0.1) is 11.3 Å². The second-order valence-electron chi connectivity index (χ2n) is 5.22. The standard InChI is InChI=1S/C15H21N3O/c1-11(2)17-7-4-8-19-15-13(10-16)9-12-5-3-6-14(12)18-15/h9,11,17H,3-8H2,1-2H3. The van der Waals surface area contributed by atoms with Crippen molar-refractivity contribution < 1.29 is 4.74 Å². The van der Waals surface area contributed by atoms with E-state index in [0.717, 1.165) is 37.9 Å². The fourth-order valence-electron chi connectivity index (χ4n) is 2.27. The molecule has 1 N–H and O–H groups in total.